The molecule has 3 aliphatic heterocycles. The van der Waals surface area contributed by atoms with Crippen molar-refractivity contribution in [3.63, 3.8) is 0 Å². The Morgan fingerprint density at radius 3 is 2.07 bits per heavy atom. The van der Waals surface area contributed by atoms with Gasteiger partial charge in [-0.15, -0.1) is 22.7 Å². The Bertz CT molecular complexity index is 3690. The number of alkyl halides is 3. The molecular weight excluding hydrogens is 1290 g/mol. The van der Waals surface area contributed by atoms with E-state index in [9.17, 15) is 71.0 Å². The summed E-state index contributed by atoms with van der Waals surface area (Å²) in [6.45, 7) is 13.0. The molecule has 28 heteroatoms. The number of thiazole rings is 1. The molecule has 1 aliphatic carbocycles. The van der Waals surface area contributed by atoms with Crippen molar-refractivity contribution >= 4 is 87.6 Å². The Hall–Kier alpha value is -7.13. The summed E-state index contributed by atoms with van der Waals surface area (Å²) in [7, 11) is -5.88. The fourth-order valence-corrected chi connectivity index (χ4v) is 14.5. The molecule has 0 spiro atoms. The van der Waals surface area contributed by atoms with Gasteiger partial charge in [-0.1, -0.05) is 121 Å². The van der Waals surface area contributed by atoms with Crippen LogP contribution in [0, 0.1) is 17.8 Å². The second-order valence-corrected chi connectivity index (χ2v) is 31.0. The molecule has 2 aromatic heterocycles. The Kier molecular flexibility index (Phi) is 22.6. The molecule has 9 rings (SSSR count). The summed E-state index contributed by atoms with van der Waals surface area (Å²) >= 11 is 2.41. The molecule has 5 aromatic rings. The van der Waals surface area contributed by atoms with Crippen LogP contribution < -0.4 is 26.6 Å². The van der Waals surface area contributed by atoms with Gasteiger partial charge in [0.1, 0.15) is 30.3 Å². The normalized spacial score (nSPS) is 20.8. The minimum Gasteiger partial charge on any atom is -0.391 e. The number of carbonyl (C=O) groups is 8. The summed E-state index contributed by atoms with van der Waals surface area (Å²) in [6, 6.07) is 15.0. The zero-order valence-corrected chi connectivity index (χ0v) is 56.9. The average molecular weight is 1380 g/mol. The van der Waals surface area contributed by atoms with Gasteiger partial charge in [0.25, 0.3) is 11.8 Å². The first-order valence-electron chi connectivity index (χ1n) is 32.1. The van der Waals surface area contributed by atoms with E-state index in [1.807, 2.05) is 61.5 Å². The maximum Gasteiger partial charge on any atom is 0.399 e. The number of aryl methyl sites for hydroxylation is 1. The number of rotatable bonds is 25. The highest BCUT2D eigenvalue weighted by atomic mass is 32.1. The van der Waals surface area contributed by atoms with Crippen LogP contribution >= 0.6 is 30.3 Å². The number of hydrogen-bond donors (Lipinski definition) is 8. The predicted octanol–water partition coefficient (Wildman–Crippen LogP) is 8.09. The first kappa shape index (κ1) is 72.1. The molecule has 8 amide bonds. The molecular formula is C67H85F3N9O13PS2. The molecule has 0 radical (unpaired) electrons. The van der Waals surface area contributed by atoms with E-state index in [4.69, 9.17) is 4.74 Å². The number of aliphatic hydroxyl groups excluding tert-OH is 1. The lowest BCUT2D eigenvalue weighted by Gasteiger charge is -2.38. The molecule has 22 nitrogen and oxygen atoms in total. The summed E-state index contributed by atoms with van der Waals surface area (Å²) in [4.78, 5) is 141. The monoisotopic (exact) mass is 1380 g/mol. The van der Waals surface area contributed by atoms with Gasteiger partial charge in [-0.25, -0.2) is 9.37 Å². The van der Waals surface area contributed by atoms with Crippen LogP contribution in [0.15, 0.2) is 84.4 Å². The number of halogens is 3. The third-order valence-electron chi connectivity index (χ3n) is 17.9. The molecule has 8 atom stereocenters. The molecule has 0 bridgehead atoms. The summed E-state index contributed by atoms with van der Waals surface area (Å²) in [5.41, 5.74) is -4.33. The van der Waals surface area contributed by atoms with Crippen molar-refractivity contribution in [3.8, 4) is 10.4 Å². The number of benzene rings is 3. The molecule has 4 aliphatic rings. The van der Waals surface area contributed by atoms with E-state index in [2.05, 4.69) is 31.6 Å². The van der Waals surface area contributed by atoms with Gasteiger partial charge in [0, 0.05) is 55.3 Å². The second-order valence-electron chi connectivity index (χ2n) is 27.4. The molecule has 3 saturated heterocycles. The largest absolute Gasteiger partial charge is 0.399 e. The van der Waals surface area contributed by atoms with E-state index in [-0.39, 0.29) is 99.3 Å². The average Bonchev–Trinajstić information content (AvgIpc) is 1.72. The zero-order valence-electron chi connectivity index (χ0n) is 54.3. The van der Waals surface area contributed by atoms with Crippen LogP contribution in [0.3, 0.4) is 0 Å². The number of unbranched alkanes of at least 4 members (excludes halogenated alkanes) is 4. The summed E-state index contributed by atoms with van der Waals surface area (Å²) in [5.74, 6) is -4.44. The Morgan fingerprint density at radius 1 is 0.779 bits per heavy atom. The smallest absolute Gasteiger partial charge is 0.391 e. The van der Waals surface area contributed by atoms with Crippen molar-refractivity contribution in [2.45, 2.75) is 179 Å². The van der Waals surface area contributed by atoms with Crippen molar-refractivity contribution < 1.29 is 75.7 Å². The van der Waals surface area contributed by atoms with Crippen molar-refractivity contribution in [1.29, 1.82) is 0 Å². The van der Waals surface area contributed by atoms with Crippen molar-refractivity contribution in [2.75, 3.05) is 39.3 Å². The molecule has 0 unspecified atom stereocenters. The van der Waals surface area contributed by atoms with E-state index < -0.39 is 113 Å². The molecule has 4 fully saturated rings. The van der Waals surface area contributed by atoms with Crippen molar-refractivity contribution in [3.05, 3.63) is 112 Å². The van der Waals surface area contributed by atoms with Crippen LogP contribution in [0.4, 0.5) is 13.2 Å². The van der Waals surface area contributed by atoms with E-state index in [0.29, 0.717) is 42.5 Å². The van der Waals surface area contributed by atoms with Crippen LogP contribution in [-0.2, 0) is 48.5 Å². The summed E-state index contributed by atoms with van der Waals surface area (Å²) in [5, 5.41) is 25.3. The van der Waals surface area contributed by atoms with Crippen molar-refractivity contribution in [2.24, 2.45) is 10.8 Å². The number of hydrogen-bond acceptors (Lipinski definition) is 14. The fourth-order valence-electron chi connectivity index (χ4n) is 12.3. The van der Waals surface area contributed by atoms with Gasteiger partial charge >= 0.3 is 13.3 Å². The number of ether oxygens (including phenoxy) is 1. The molecule has 3 aromatic carbocycles. The number of β-amino-alcohol motifs (C(OH)–C–C–N with tert-alkyl or cyclic N) is 1. The van der Waals surface area contributed by atoms with E-state index >= 15 is 0 Å². The molecule has 514 valence electrons. The lowest BCUT2D eigenvalue weighted by molar-refractivity contribution is -0.150. The first-order chi connectivity index (χ1) is 44.7. The topological polar surface area (TPSA) is 306 Å². The van der Waals surface area contributed by atoms with Gasteiger partial charge in [0.2, 0.25) is 35.4 Å². The lowest BCUT2D eigenvalue weighted by Crippen LogP contribution is -2.59. The standard InChI is InChI=1S/C67H85F3N9O13PS2/c1-39-55(94-38-72-39)42-21-19-40(20-22-42)47(74-58(83)48-33-46(80)36-79(48)62(87)57(65(5,6)7)76-63(88)66(68)25-26-66)34-54(82)71-27-15-10-8-9-14-18-53(81)73-45-32-49(60(85)77-28-29-92-50(37-77)41-16-12-11-13-17-41)78(35-45)61(86)56(64(2,3)4)75-59(84)52-31-43-30-44(23-24-51(43)95-52)67(69,70)93(89,90)91/h11-13,16-17,19-24,30-31,38,45-50,56-57,80H,8-10,14-15,18,25-29,32-37H2,1-7H3,(H,71,82)(H,73,81)(H,74,83)(H,75,84)(H,76,88)(H2,89,90,91)/t45-,46+,47-,48-,49-,50-,56+,57+/m0/s1. The molecule has 8 N–H and O–H groups in total. The van der Waals surface area contributed by atoms with Gasteiger partial charge in [-0.2, -0.15) is 8.78 Å². The maximum atomic E-state index is 15.0. The van der Waals surface area contributed by atoms with Crippen LogP contribution in [0.1, 0.15) is 156 Å². The lowest BCUT2D eigenvalue weighted by atomic mass is 9.85. The van der Waals surface area contributed by atoms with Crippen LogP contribution in [-0.4, -0.2) is 163 Å². The molecule has 5 heterocycles. The number of thiophene rings is 1. The number of fused-ring (bicyclic) bond motifs is 1. The first-order valence-corrected chi connectivity index (χ1v) is 35.4. The third-order valence-corrected chi connectivity index (χ3v) is 21.0. The number of amides is 8. The van der Waals surface area contributed by atoms with Crippen molar-refractivity contribution in [1.82, 2.24) is 46.3 Å². The van der Waals surface area contributed by atoms with E-state index in [1.165, 1.54) is 33.3 Å². The number of nitrogens with zero attached hydrogens (tertiary/aromatic N) is 4. The van der Waals surface area contributed by atoms with Gasteiger partial charge in [0.15, 0.2) is 5.67 Å². The van der Waals surface area contributed by atoms with Gasteiger partial charge in [-0.05, 0) is 90.1 Å². The SMILES string of the molecule is Cc1ncsc1-c1ccc([C@H](CC(=O)NCCCCCCCC(=O)N[C@H]2C[C@@H](C(=O)N3CCO[C@H](c4ccccc4)C3)N(C(=O)[C@@H](NC(=O)c3cc4cc(C(F)(F)P(=O)(O)O)ccc4s3)C(C)(C)C)C2)NC(=O)[C@@H]2C[C@@H](O)CN2C(=O)[C@@H](NC(=O)C2(F)CC2)C(C)(C)C)cc1. The number of nitrogens with one attached hydrogen (secondary N) is 5. The number of morpholine rings is 1. The highest BCUT2D eigenvalue weighted by molar-refractivity contribution is 7.52. The summed E-state index contributed by atoms with van der Waals surface area (Å²) in [6.07, 6.45) is 1.78. The highest BCUT2D eigenvalue weighted by Gasteiger charge is 2.54. The van der Waals surface area contributed by atoms with Gasteiger partial charge in [0.05, 0.1) is 52.7 Å². The predicted molar refractivity (Wildman–Crippen MR) is 351 cm³/mol. The van der Waals surface area contributed by atoms with Gasteiger partial charge in [-0.3, -0.25) is 42.9 Å². The molecule has 95 heavy (non-hydrogen) atoms. The van der Waals surface area contributed by atoms with Gasteiger partial charge < -0.3 is 60.9 Å². The molecule has 1 saturated carbocycles. The summed E-state index contributed by atoms with van der Waals surface area (Å²) < 4.78 is 62.3. The quantitative estimate of drug-likeness (QED) is 0.0202. The number of likely N-dealkylation sites (tertiary alicyclic amines) is 2. The minimum atomic E-state index is -5.88. The Balaban J connectivity index is 0.789. The van der Waals surface area contributed by atoms with Crippen LogP contribution in [0.5, 0.6) is 0 Å². The van der Waals surface area contributed by atoms with Crippen LogP contribution in [0.2, 0.25) is 0 Å². The highest BCUT2D eigenvalue weighted by Crippen LogP contribution is 2.59. The Labute approximate surface area is 558 Å². The number of carbonyl (C=O) groups excluding carboxylic acids is 8. The van der Waals surface area contributed by atoms with E-state index in [0.717, 1.165) is 51.6 Å². The maximum absolute atomic E-state index is 15.0. The second kappa shape index (κ2) is 29.7. The minimum absolute atomic E-state index is 0.0355. The fraction of sp³-hybridized carbons (Fsp3) is 0.537. The number of aliphatic hydroxyl groups is 1. The van der Waals surface area contributed by atoms with Crippen LogP contribution in [0.25, 0.3) is 20.5 Å². The number of aromatic nitrogens is 1. The van der Waals surface area contributed by atoms with E-state index in [1.54, 1.807) is 52.0 Å². The Morgan fingerprint density at radius 2 is 1.43 bits per heavy atom. The zero-order chi connectivity index (χ0) is 69.0. The third kappa shape index (κ3) is 17.5.